The Labute approximate surface area is 103 Å². The molecule has 0 aromatic heterocycles. The van der Waals surface area contributed by atoms with Crippen molar-refractivity contribution < 1.29 is 4.74 Å². The van der Waals surface area contributed by atoms with Crippen LogP contribution in [0.4, 0.5) is 0 Å². The molecule has 1 atom stereocenters. The average molecular weight is 242 g/mol. The van der Waals surface area contributed by atoms with Gasteiger partial charge in [-0.1, -0.05) is 36.7 Å². The second-order valence-corrected chi connectivity index (χ2v) is 4.22. The van der Waals surface area contributed by atoms with Gasteiger partial charge in [0.15, 0.2) is 0 Å². The van der Waals surface area contributed by atoms with E-state index in [0.29, 0.717) is 0 Å². The van der Waals surface area contributed by atoms with Crippen molar-refractivity contribution in [3.05, 3.63) is 34.9 Å². The normalized spacial score (nSPS) is 12.7. The van der Waals surface area contributed by atoms with E-state index in [1.54, 1.807) is 0 Å². The van der Waals surface area contributed by atoms with Crippen molar-refractivity contribution in [3.8, 4) is 0 Å². The van der Waals surface area contributed by atoms with Gasteiger partial charge >= 0.3 is 0 Å². The van der Waals surface area contributed by atoms with Gasteiger partial charge in [-0.2, -0.15) is 0 Å². The fourth-order valence-corrected chi connectivity index (χ4v) is 1.83. The number of hydrogen-bond acceptors (Lipinski definition) is 2. The molecule has 0 bridgehead atoms. The van der Waals surface area contributed by atoms with E-state index in [0.717, 1.165) is 36.8 Å². The van der Waals surface area contributed by atoms with Gasteiger partial charge in [0.25, 0.3) is 0 Å². The zero-order valence-corrected chi connectivity index (χ0v) is 10.8. The molecule has 2 nitrogen and oxygen atoms in total. The van der Waals surface area contributed by atoms with Crippen LogP contribution in [0.25, 0.3) is 0 Å². The highest BCUT2D eigenvalue weighted by molar-refractivity contribution is 6.31. The Morgan fingerprint density at radius 1 is 1.31 bits per heavy atom. The fraction of sp³-hybridized carbons (Fsp3) is 0.538. The van der Waals surface area contributed by atoms with E-state index in [-0.39, 0.29) is 6.04 Å². The van der Waals surface area contributed by atoms with Gasteiger partial charge in [-0.15, -0.1) is 0 Å². The van der Waals surface area contributed by atoms with Gasteiger partial charge in [0.05, 0.1) is 6.61 Å². The van der Waals surface area contributed by atoms with Crippen LogP contribution in [0, 0.1) is 0 Å². The van der Waals surface area contributed by atoms with Gasteiger partial charge in [-0.3, -0.25) is 0 Å². The SMILES string of the molecule is CCCOCCNC(C)c1ccccc1Cl. The lowest BCUT2D eigenvalue weighted by molar-refractivity contribution is 0.135. The van der Waals surface area contributed by atoms with E-state index >= 15 is 0 Å². The molecule has 1 rings (SSSR count). The lowest BCUT2D eigenvalue weighted by Gasteiger charge is -2.15. The molecule has 16 heavy (non-hydrogen) atoms. The molecule has 0 spiro atoms. The minimum Gasteiger partial charge on any atom is -0.380 e. The molecule has 3 heteroatoms. The van der Waals surface area contributed by atoms with Crippen molar-refractivity contribution in [2.75, 3.05) is 19.8 Å². The van der Waals surface area contributed by atoms with Crippen LogP contribution in [-0.4, -0.2) is 19.8 Å². The van der Waals surface area contributed by atoms with E-state index in [1.807, 2.05) is 24.3 Å². The second-order valence-electron chi connectivity index (χ2n) is 3.81. The predicted molar refractivity (Wildman–Crippen MR) is 69.0 cm³/mol. The standard InChI is InChI=1S/C13H20ClNO/c1-3-9-16-10-8-15-11(2)12-6-4-5-7-13(12)14/h4-7,11,15H,3,8-10H2,1-2H3. The molecular formula is C13H20ClNO. The van der Waals surface area contributed by atoms with Crippen LogP contribution < -0.4 is 5.32 Å². The van der Waals surface area contributed by atoms with E-state index in [1.165, 1.54) is 0 Å². The maximum atomic E-state index is 6.11. The summed E-state index contributed by atoms with van der Waals surface area (Å²) in [5.41, 5.74) is 1.14. The Hall–Kier alpha value is -0.570. The predicted octanol–water partition coefficient (Wildman–Crippen LogP) is 3.42. The molecule has 0 saturated heterocycles. The third kappa shape index (κ3) is 4.52. The smallest absolute Gasteiger partial charge is 0.0591 e. The monoisotopic (exact) mass is 241 g/mol. The Kier molecular flexibility index (Phi) is 6.46. The van der Waals surface area contributed by atoms with E-state index in [4.69, 9.17) is 16.3 Å². The zero-order chi connectivity index (χ0) is 11.8. The summed E-state index contributed by atoms with van der Waals surface area (Å²) in [5, 5.41) is 4.21. The van der Waals surface area contributed by atoms with Crippen LogP contribution in [0.3, 0.4) is 0 Å². The number of hydrogen-bond donors (Lipinski definition) is 1. The molecule has 0 heterocycles. The molecule has 1 aromatic carbocycles. The Morgan fingerprint density at radius 2 is 2.06 bits per heavy atom. The number of rotatable bonds is 7. The molecule has 0 saturated carbocycles. The molecule has 90 valence electrons. The summed E-state index contributed by atoms with van der Waals surface area (Å²) in [4.78, 5) is 0. The maximum Gasteiger partial charge on any atom is 0.0591 e. The molecule has 1 N–H and O–H groups in total. The average Bonchev–Trinajstić information content (AvgIpc) is 2.29. The summed E-state index contributed by atoms with van der Waals surface area (Å²) in [6, 6.07) is 8.18. The quantitative estimate of drug-likeness (QED) is 0.739. The first kappa shape index (κ1) is 13.5. The number of halogens is 1. The maximum absolute atomic E-state index is 6.11. The highest BCUT2D eigenvalue weighted by atomic mass is 35.5. The minimum atomic E-state index is 0.263. The summed E-state index contributed by atoms with van der Waals surface area (Å²) < 4.78 is 5.40. The molecule has 0 amide bonds. The van der Waals surface area contributed by atoms with Gasteiger partial charge in [0, 0.05) is 24.2 Å². The van der Waals surface area contributed by atoms with Crippen molar-refractivity contribution >= 4 is 11.6 Å². The van der Waals surface area contributed by atoms with Gasteiger partial charge in [-0.05, 0) is 25.0 Å². The molecule has 0 aliphatic carbocycles. The van der Waals surface area contributed by atoms with Crippen molar-refractivity contribution in [2.24, 2.45) is 0 Å². The molecular weight excluding hydrogens is 222 g/mol. The van der Waals surface area contributed by atoms with Crippen molar-refractivity contribution in [1.82, 2.24) is 5.32 Å². The van der Waals surface area contributed by atoms with Crippen LogP contribution in [0.2, 0.25) is 5.02 Å². The minimum absolute atomic E-state index is 0.263. The molecule has 0 aliphatic rings. The van der Waals surface area contributed by atoms with E-state index in [9.17, 15) is 0 Å². The van der Waals surface area contributed by atoms with E-state index in [2.05, 4.69) is 19.2 Å². The van der Waals surface area contributed by atoms with Gasteiger partial charge in [0.2, 0.25) is 0 Å². The largest absolute Gasteiger partial charge is 0.380 e. The Balaban J connectivity index is 2.30. The van der Waals surface area contributed by atoms with Crippen molar-refractivity contribution in [2.45, 2.75) is 26.3 Å². The number of ether oxygens (including phenoxy) is 1. The lowest BCUT2D eigenvalue weighted by Crippen LogP contribution is -2.23. The third-order valence-corrected chi connectivity index (χ3v) is 2.76. The first-order valence-electron chi connectivity index (χ1n) is 5.81. The number of benzene rings is 1. The molecule has 0 fully saturated rings. The fourth-order valence-electron chi connectivity index (χ4n) is 1.53. The zero-order valence-electron chi connectivity index (χ0n) is 10.0. The third-order valence-electron chi connectivity index (χ3n) is 2.42. The highest BCUT2D eigenvalue weighted by Gasteiger charge is 2.07. The van der Waals surface area contributed by atoms with E-state index < -0.39 is 0 Å². The van der Waals surface area contributed by atoms with Gasteiger partial charge in [-0.25, -0.2) is 0 Å². The summed E-state index contributed by atoms with van der Waals surface area (Å²) in [5.74, 6) is 0. The van der Waals surface area contributed by atoms with Crippen LogP contribution in [0.15, 0.2) is 24.3 Å². The van der Waals surface area contributed by atoms with Crippen molar-refractivity contribution in [1.29, 1.82) is 0 Å². The molecule has 0 aliphatic heterocycles. The summed E-state index contributed by atoms with van der Waals surface area (Å²) >= 11 is 6.11. The van der Waals surface area contributed by atoms with Crippen LogP contribution in [0.5, 0.6) is 0 Å². The topological polar surface area (TPSA) is 21.3 Å². The highest BCUT2D eigenvalue weighted by Crippen LogP contribution is 2.21. The molecule has 1 aromatic rings. The van der Waals surface area contributed by atoms with Crippen LogP contribution in [-0.2, 0) is 4.74 Å². The Morgan fingerprint density at radius 3 is 2.75 bits per heavy atom. The summed E-state index contributed by atoms with van der Waals surface area (Å²) in [6.45, 7) is 6.66. The first-order chi connectivity index (χ1) is 7.75. The van der Waals surface area contributed by atoms with Crippen molar-refractivity contribution in [3.63, 3.8) is 0 Å². The molecule has 0 radical (unpaired) electrons. The molecule has 1 unspecified atom stereocenters. The van der Waals surface area contributed by atoms with Crippen LogP contribution >= 0.6 is 11.6 Å². The Bertz CT molecular complexity index is 304. The summed E-state index contributed by atoms with van der Waals surface area (Å²) in [6.07, 6.45) is 1.07. The second kappa shape index (κ2) is 7.66. The number of nitrogens with one attached hydrogen (secondary N) is 1. The first-order valence-corrected chi connectivity index (χ1v) is 6.19. The van der Waals surface area contributed by atoms with Crippen LogP contribution in [0.1, 0.15) is 31.9 Å². The summed E-state index contributed by atoms with van der Waals surface area (Å²) in [7, 11) is 0. The lowest BCUT2D eigenvalue weighted by atomic mass is 10.1. The van der Waals surface area contributed by atoms with Gasteiger partial charge in [0.1, 0.15) is 0 Å². The van der Waals surface area contributed by atoms with Gasteiger partial charge < -0.3 is 10.1 Å².